The van der Waals surface area contributed by atoms with Gasteiger partial charge in [0.25, 0.3) is 0 Å². The van der Waals surface area contributed by atoms with Crippen LogP contribution in [0.2, 0.25) is 0 Å². The van der Waals surface area contributed by atoms with Crippen molar-refractivity contribution in [3.8, 4) is 5.75 Å². The normalized spacial score (nSPS) is 17.9. The molecule has 0 saturated carbocycles. The van der Waals surface area contributed by atoms with Crippen LogP contribution >= 0.6 is 0 Å². The third kappa shape index (κ3) is 5.48. The fraction of sp³-hybridized carbons (Fsp3) is 0.519. The number of carbonyl (C=O) groups is 1. The molecule has 4 rings (SSSR count). The third-order valence-electron chi connectivity index (χ3n) is 6.53. The van der Waals surface area contributed by atoms with Gasteiger partial charge in [-0.05, 0) is 76.7 Å². The maximum atomic E-state index is 12.0. The molecular weight excluding hydrogens is 386 g/mol. The smallest absolute Gasteiger partial charge is 0.307 e. The second kappa shape index (κ2) is 9.04. The lowest BCUT2D eigenvalue weighted by molar-refractivity contribution is -0.155. The number of hydrogen-bond donors (Lipinski definition) is 0. The van der Waals surface area contributed by atoms with Gasteiger partial charge in [-0.3, -0.25) is 4.79 Å². The monoisotopic (exact) mass is 421 g/mol. The molecule has 1 spiro atoms. The molecule has 2 aliphatic heterocycles. The van der Waals surface area contributed by atoms with Gasteiger partial charge in [-0.15, -0.1) is 0 Å². The Kier molecular flexibility index (Phi) is 6.38. The number of benzene rings is 2. The van der Waals surface area contributed by atoms with Crippen molar-refractivity contribution in [1.82, 2.24) is 4.90 Å². The first kappa shape index (κ1) is 21.9. The van der Waals surface area contributed by atoms with E-state index in [0.717, 1.165) is 57.7 Å². The quantitative estimate of drug-likeness (QED) is 0.620. The van der Waals surface area contributed by atoms with E-state index in [4.69, 9.17) is 9.47 Å². The van der Waals surface area contributed by atoms with Crippen LogP contribution in [-0.2, 0) is 27.8 Å². The molecule has 0 aliphatic carbocycles. The van der Waals surface area contributed by atoms with Crippen LogP contribution in [0, 0.1) is 0 Å². The van der Waals surface area contributed by atoms with Gasteiger partial charge >= 0.3 is 5.97 Å². The van der Waals surface area contributed by atoms with Crippen LogP contribution in [0.25, 0.3) is 0 Å². The van der Waals surface area contributed by atoms with E-state index in [-0.39, 0.29) is 11.4 Å². The SMILES string of the molecule is CC(C)(C)OC(=O)CCN1CCC2(CC1)COc1cc(CCc3ccccc3)ccc12. The van der Waals surface area contributed by atoms with E-state index in [1.165, 1.54) is 16.7 Å². The molecule has 0 unspecified atom stereocenters. The Labute approximate surface area is 186 Å². The van der Waals surface area contributed by atoms with Crippen LogP contribution in [0.1, 0.15) is 56.7 Å². The van der Waals surface area contributed by atoms with Crippen molar-refractivity contribution in [3.05, 3.63) is 65.2 Å². The number of piperidine rings is 1. The molecule has 1 fully saturated rings. The molecule has 31 heavy (non-hydrogen) atoms. The average Bonchev–Trinajstić information content (AvgIpc) is 3.09. The van der Waals surface area contributed by atoms with Crippen LogP contribution in [0.4, 0.5) is 0 Å². The molecule has 4 nitrogen and oxygen atoms in total. The molecule has 2 aromatic carbocycles. The van der Waals surface area contributed by atoms with Crippen molar-refractivity contribution in [2.75, 3.05) is 26.2 Å². The van der Waals surface area contributed by atoms with E-state index in [1.807, 2.05) is 20.8 Å². The van der Waals surface area contributed by atoms with Crippen molar-refractivity contribution >= 4 is 5.97 Å². The lowest BCUT2D eigenvalue weighted by atomic mass is 9.74. The molecule has 0 radical (unpaired) electrons. The molecule has 0 atom stereocenters. The molecule has 0 aromatic heterocycles. The minimum Gasteiger partial charge on any atom is -0.492 e. The van der Waals surface area contributed by atoms with Gasteiger partial charge in [0.05, 0.1) is 13.0 Å². The van der Waals surface area contributed by atoms with Crippen molar-refractivity contribution in [3.63, 3.8) is 0 Å². The lowest BCUT2D eigenvalue weighted by Crippen LogP contribution is -2.44. The number of hydrogen-bond acceptors (Lipinski definition) is 4. The van der Waals surface area contributed by atoms with E-state index >= 15 is 0 Å². The molecule has 2 aromatic rings. The molecule has 166 valence electrons. The zero-order valence-corrected chi connectivity index (χ0v) is 19.2. The maximum absolute atomic E-state index is 12.0. The minimum atomic E-state index is -0.409. The highest BCUT2D eigenvalue weighted by Gasteiger charge is 2.43. The number of fused-ring (bicyclic) bond motifs is 2. The van der Waals surface area contributed by atoms with Gasteiger partial charge in [0.2, 0.25) is 0 Å². The maximum Gasteiger partial charge on any atom is 0.307 e. The number of rotatable bonds is 6. The molecule has 1 saturated heterocycles. The Bertz CT molecular complexity index is 892. The van der Waals surface area contributed by atoms with Gasteiger partial charge in [-0.2, -0.15) is 0 Å². The number of carbonyl (C=O) groups excluding carboxylic acids is 1. The van der Waals surface area contributed by atoms with Crippen LogP contribution in [-0.4, -0.2) is 42.7 Å². The lowest BCUT2D eigenvalue weighted by Gasteiger charge is -2.38. The summed E-state index contributed by atoms with van der Waals surface area (Å²) in [7, 11) is 0. The van der Waals surface area contributed by atoms with Crippen LogP contribution in [0.3, 0.4) is 0 Å². The van der Waals surface area contributed by atoms with Gasteiger partial charge in [0.15, 0.2) is 0 Å². The Morgan fingerprint density at radius 3 is 2.45 bits per heavy atom. The summed E-state index contributed by atoms with van der Waals surface area (Å²) in [4.78, 5) is 14.4. The summed E-state index contributed by atoms with van der Waals surface area (Å²) >= 11 is 0. The topological polar surface area (TPSA) is 38.8 Å². The Morgan fingerprint density at radius 1 is 1.03 bits per heavy atom. The largest absolute Gasteiger partial charge is 0.492 e. The fourth-order valence-corrected chi connectivity index (χ4v) is 4.77. The van der Waals surface area contributed by atoms with Crippen LogP contribution in [0.15, 0.2) is 48.5 Å². The fourth-order valence-electron chi connectivity index (χ4n) is 4.77. The highest BCUT2D eigenvalue weighted by molar-refractivity contribution is 5.70. The van der Waals surface area contributed by atoms with Gasteiger partial charge in [-0.25, -0.2) is 0 Å². The standard InChI is InChI=1S/C27H35NO3/c1-26(2,3)31-25(29)13-16-28-17-14-27(15-18-28)20-30-24-19-22(11-12-23(24)27)10-9-21-7-5-4-6-8-21/h4-8,11-12,19H,9-10,13-18,20H2,1-3H3. The van der Waals surface area contributed by atoms with E-state index in [9.17, 15) is 4.79 Å². The van der Waals surface area contributed by atoms with Crippen LogP contribution in [0.5, 0.6) is 5.75 Å². The van der Waals surface area contributed by atoms with Crippen molar-refractivity contribution in [2.24, 2.45) is 0 Å². The molecule has 4 heteroatoms. The van der Waals surface area contributed by atoms with Crippen LogP contribution < -0.4 is 4.74 Å². The second-order valence-electron chi connectivity index (χ2n) is 10.1. The zero-order valence-electron chi connectivity index (χ0n) is 19.2. The van der Waals surface area contributed by atoms with Crippen molar-refractivity contribution in [1.29, 1.82) is 0 Å². The van der Waals surface area contributed by atoms with Gasteiger partial charge in [0, 0.05) is 17.5 Å². The predicted octanol–water partition coefficient (Wildman–Crippen LogP) is 4.93. The Hall–Kier alpha value is -2.33. The minimum absolute atomic E-state index is 0.106. The summed E-state index contributed by atoms with van der Waals surface area (Å²) in [5.74, 6) is 0.970. The number of esters is 1. The highest BCUT2D eigenvalue weighted by atomic mass is 16.6. The molecular formula is C27H35NO3. The summed E-state index contributed by atoms with van der Waals surface area (Å²) in [6, 6.07) is 17.5. The second-order valence-corrected chi connectivity index (χ2v) is 10.1. The number of likely N-dealkylation sites (tertiary alicyclic amines) is 1. The summed E-state index contributed by atoms with van der Waals surface area (Å²) < 4.78 is 11.6. The number of nitrogens with zero attached hydrogens (tertiary/aromatic N) is 1. The first-order valence-corrected chi connectivity index (χ1v) is 11.6. The molecule has 2 heterocycles. The summed E-state index contributed by atoms with van der Waals surface area (Å²) in [5, 5.41) is 0. The molecule has 2 aliphatic rings. The number of ether oxygens (including phenoxy) is 2. The van der Waals surface area contributed by atoms with Gasteiger partial charge in [0.1, 0.15) is 11.4 Å². The van der Waals surface area contributed by atoms with E-state index in [1.54, 1.807) is 0 Å². The molecule has 0 amide bonds. The first-order valence-electron chi connectivity index (χ1n) is 11.6. The van der Waals surface area contributed by atoms with E-state index in [2.05, 4.69) is 53.4 Å². The summed E-state index contributed by atoms with van der Waals surface area (Å²) in [6.07, 6.45) is 4.71. The van der Waals surface area contributed by atoms with Crippen molar-refractivity contribution < 1.29 is 14.3 Å². The summed E-state index contributed by atoms with van der Waals surface area (Å²) in [5.41, 5.74) is 3.82. The Morgan fingerprint density at radius 2 is 1.74 bits per heavy atom. The average molecular weight is 422 g/mol. The van der Waals surface area contributed by atoms with Gasteiger partial charge < -0.3 is 14.4 Å². The third-order valence-corrected chi connectivity index (χ3v) is 6.53. The predicted molar refractivity (Wildman–Crippen MR) is 124 cm³/mol. The Balaban J connectivity index is 1.31. The molecule has 0 bridgehead atoms. The van der Waals surface area contributed by atoms with Gasteiger partial charge in [-0.1, -0.05) is 42.5 Å². The van der Waals surface area contributed by atoms with Crippen molar-refractivity contribution in [2.45, 2.75) is 63.9 Å². The number of aryl methyl sites for hydroxylation is 2. The summed E-state index contributed by atoms with van der Waals surface area (Å²) in [6.45, 7) is 9.31. The molecule has 0 N–H and O–H groups in total. The first-order chi connectivity index (χ1) is 14.8. The van der Waals surface area contributed by atoms with E-state index < -0.39 is 5.60 Å². The highest BCUT2D eigenvalue weighted by Crippen LogP contribution is 2.45. The zero-order chi connectivity index (χ0) is 21.9. The van der Waals surface area contributed by atoms with E-state index in [0.29, 0.717) is 6.42 Å².